The summed E-state index contributed by atoms with van der Waals surface area (Å²) >= 11 is 0. The third-order valence-electron chi connectivity index (χ3n) is 5.37. The fraction of sp³-hybridized carbons (Fsp3) is 0.526. The number of hydrogen-bond donors (Lipinski definition) is 2. The fourth-order valence-electron chi connectivity index (χ4n) is 3.86. The minimum absolute atomic E-state index is 0.0934. The molecular formula is C19H22F3N5O3. The number of alkyl halides is 3. The van der Waals surface area contributed by atoms with Gasteiger partial charge < -0.3 is 20.0 Å². The molecule has 2 aliphatic heterocycles. The first-order chi connectivity index (χ1) is 14.3. The maximum atomic E-state index is 13.6. The number of likely N-dealkylation sites (tertiary alicyclic amines) is 1. The van der Waals surface area contributed by atoms with Crippen molar-refractivity contribution in [3.05, 3.63) is 35.9 Å². The molecule has 0 radical (unpaired) electrons. The molecule has 8 nitrogen and oxygen atoms in total. The van der Waals surface area contributed by atoms with Crippen molar-refractivity contribution in [2.45, 2.75) is 43.9 Å². The van der Waals surface area contributed by atoms with E-state index < -0.39 is 24.2 Å². The van der Waals surface area contributed by atoms with Gasteiger partial charge in [0.05, 0.1) is 12.3 Å². The second-order valence-electron chi connectivity index (χ2n) is 7.46. The van der Waals surface area contributed by atoms with E-state index in [2.05, 4.69) is 15.7 Å². The molecule has 0 unspecified atom stereocenters. The number of halogens is 3. The van der Waals surface area contributed by atoms with E-state index in [1.807, 2.05) is 0 Å². The highest BCUT2D eigenvalue weighted by molar-refractivity contribution is 5.93. The Morgan fingerprint density at radius 2 is 2.23 bits per heavy atom. The minimum atomic E-state index is -4.52. The Hall–Kier alpha value is -2.98. The average molecular weight is 425 g/mol. The molecule has 162 valence electrons. The van der Waals surface area contributed by atoms with E-state index in [0.717, 1.165) is 17.6 Å². The van der Waals surface area contributed by atoms with Crippen molar-refractivity contribution in [2.75, 3.05) is 25.0 Å². The number of aromatic nitrogens is 2. The molecule has 30 heavy (non-hydrogen) atoms. The molecule has 0 aliphatic carbocycles. The van der Waals surface area contributed by atoms with Crippen molar-refractivity contribution in [2.24, 2.45) is 0 Å². The number of hydrogen-bond acceptors (Lipinski definition) is 5. The van der Waals surface area contributed by atoms with Crippen LogP contribution in [0.15, 0.2) is 28.9 Å². The zero-order valence-electron chi connectivity index (χ0n) is 16.1. The van der Waals surface area contributed by atoms with E-state index in [-0.39, 0.29) is 23.8 Å². The van der Waals surface area contributed by atoms with Gasteiger partial charge in [0, 0.05) is 38.5 Å². The quantitative estimate of drug-likeness (QED) is 0.695. The summed E-state index contributed by atoms with van der Waals surface area (Å²) in [6.45, 7) is 1.57. The van der Waals surface area contributed by atoms with Gasteiger partial charge in [0.15, 0.2) is 11.7 Å². The Labute approximate surface area is 170 Å². The number of rotatable bonds is 6. The molecule has 2 aliphatic rings. The summed E-state index contributed by atoms with van der Waals surface area (Å²) in [6.07, 6.45) is -1.45. The number of anilines is 1. The van der Waals surface area contributed by atoms with Crippen molar-refractivity contribution in [3.8, 4) is 0 Å². The third-order valence-corrected chi connectivity index (χ3v) is 5.37. The lowest BCUT2D eigenvalue weighted by Crippen LogP contribution is -2.35. The first-order valence-corrected chi connectivity index (χ1v) is 9.85. The monoisotopic (exact) mass is 425 g/mol. The molecule has 4 heterocycles. The Morgan fingerprint density at radius 1 is 1.40 bits per heavy atom. The largest absolute Gasteiger partial charge is 0.467 e. The van der Waals surface area contributed by atoms with Gasteiger partial charge in [-0.25, -0.2) is 4.68 Å². The van der Waals surface area contributed by atoms with Crippen LogP contribution < -0.4 is 10.6 Å². The smallest absolute Gasteiger partial charge is 0.410 e. The maximum absolute atomic E-state index is 13.6. The Balaban J connectivity index is 1.42. The minimum Gasteiger partial charge on any atom is -0.467 e. The summed E-state index contributed by atoms with van der Waals surface area (Å²) in [6, 6.07) is 1.99. The molecule has 0 aromatic carbocycles. The van der Waals surface area contributed by atoms with Gasteiger partial charge in [0.25, 0.3) is 5.91 Å². The summed E-state index contributed by atoms with van der Waals surface area (Å²) < 4.78 is 46.9. The zero-order valence-corrected chi connectivity index (χ0v) is 16.1. The van der Waals surface area contributed by atoms with Crippen molar-refractivity contribution >= 4 is 17.6 Å². The highest BCUT2D eigenvalue weighted by Gasteiger charge is 2.47. The Morgan fingerprint density at radius 3 is 2.90 bits per heavy atom. The number of furan rings is 1. The molecule has 1 fully saturated rings. The molecule has 11 heteroatoms. The van der Waals surface area contributed by atoms with Gasteiger partial charge in [-0.3, -0.25) is 9.59 Å². The number of nitrogens with zero attached hydrogens (tertiary/aromatic N) is 3. The van der Waals surface area contributed by atoms with Gasteiger partial charge in [-0.15, -0.1) is 0 Å². The van der Waals surface area contributed by atoms with Crippen LogP contribution in [0.25, 0.3) is 0 Å². The van der Waals surface area contributed by atoms with Gasteiger partial charge in [-0.2, -0.15) is 18.3 Å². The highest BCUT2D eigenvalue weighted by Crippen LogP contribution is 2.43. The van der Waals surface area contributed by atoms with Gasteiger partial charge in [-0.05, 0) is 25.0 Å². The standard InChI is InChI=1S/C19H22F3N5O3/c20-19(21,22)15-10-12(14-4-2-9-30-14)24-16-11-13(25-27(15)16)18(29)23-6-3-8-26-7-1-5-17(26)28/h2,4,9,11-12,15,24H,1,3,5-8,10H2,(H,23,29)/t12-,15-/m1/s1. The molecule has 1 saturated heterocycles. The summed E-state index contributed by atoms with van der Waals surface area (Å²) in [4.78, 5) is 25.7. The average Bonchev–Trinajstić information content (AvgIpc) is 3.44. The number of nitrogens with one attached hydrogen (secondary N) is 2. The summed E-state index contributed by atoms with van der Waals surface area (Å²) in [7, 11) is 0. The maximum Gasteiger partial charge on any atom is 0.410 e. The summed E-state index contributed by atoms with van der Waals surface area (Å²) in [5.41, 5.74) is -0.0934. The van der Waals surface area contributed by atoms with Gasteiger partial charge in [0.1, 0.15) is 11.6 Å². The van der Waals surface area contributed by atoms with E-state index in [9.17, 15) is 22.8 Å². The normalized spacial score (nSPS) is 21.4. The Kier molecular flexibility index (Phi) is 5.44. The number of carbonyl (C=O) groups excluding carboxylic acids is 2. The summed E-state index contributed by atoms with van der Waals surface area (Å²) in [5.74, 6) is 0.0531. The van der Waals surface area contributed by atoms with E-state index in [1.54, 1.807) is 17.0 Å². The molecule has 2 amide bonds. The van der Waals surface area contributed by atoms with Crippen molar-refractivity contribution in [3.63, 3.8) is 0 Å². The van der Waals surface area contributed by atoms with Crippen molar-refractivity contribution in [1.29, 1.82) is 0 Å². The zero-order chi connectivity index (χ0) is 21.3. The lowest BCUT2D eigenvalue weighted by molar-refractivity contribution is -0.174. The predicted octanol–water partition coefficient (Wildman–Crippen LogP) is 2.88. The van der Waals surface area contributed by atoms with Crippen LogP contribution in [0.5, 0.6) is 0 Å². The van der Waals surface area contributed by atoms with Crippen LogP contribution in [0.1, 0.15) is 54.0 Å². The van der Waals surface area contributed by atoms with Gasteiger partial charge in [-0.1, -0.05) is 0 Å². The molecule has 0 spiro atoms. The van der Waals surface area contributed by atoms with Crippen molar-refractivity contribution < 1.29 is 27.2 Å². The third kappa shape index (κ3) is 4.14. The molecule has 2 aromatic heterocycles. The van der Waals surface area contributed by atoms with E-state index in [1.165, 1.54) is 12.3 Å². The predicted molar refractivity (Wildman–Crippen MR) is 99.8 cm³/mol. The van der Waals surface area contributed by atoms with Crippen LogP contribution in [0, 0.1) is 0 Å². The molecule has 0 bridgehead atoms. The number of carbonyl (C=O) groups is 2. The summed E-state index contributed by atoms with van der Waals surface area (Å²) in [5, 5.41) is 9.54. The first-order valence-electron chi connectivity index (χ1n) is 9.85. The molecule has 2 aromatic rings. The molecule has 0 saturated carbocycles. The lowest BCUT2D eigenvalue weighted by atomic mass is 10.0. The van der Waals surface area contributed by atoms with Crippen LogP contribution in [0.3, 0.4) is 0 Å². The van der Waals surface area contributed by atoms with Crippen LogP contribution in [0.4, 0.5) is 19.0 Å². The molecule has 4 rings (SSSR count). The fourth-order valence-corrected chi connectivity index (χ4v) is 3.86. The molecular weight excluding hydrogens is 403 g/mol. The van der Waals surface area contributed by atoms with E-state index in [0.29, 0.717) is 31.7 Å². The van der Waals surface area contributed by atoms with Gasteiger partial charge >= 0.3 is 6.18 Å². The second kappa shape index (κ2) is 8.04. The lowest BCUT2D eigenvalue weighted by Gasteiger charge is -2.32. The first kappa shape index (κ1) is 20.3. The second-order valence-corrected chi connectivity index (χ2v) is 7.46. The van der Waals surface area contributed by atoms with Crippen molar-refractivity contribution in [1.82, 2.24) is 20.0 Å². The van der Waals surface area contributed by atoms with Crippen LogP contribution in [-0.2, 0) is 4.79 Å². The molecule has 2 atom stereocenters. The van der Waals surface area contributed by atoms with Crippen LogP contribution >= 0.6 is 0 Å². The van der Waals surface area contributed by atoms with Crippen LogP contribution in [0.2, 0.25) is 0 Å². The molecule has 2 N–H and O–H groups in total. The van der Waals surface area contributed by atoms with Crippen LogP contribution in [-0.4, -0.2) is 52.3 Å². The SMILES string of the molecule is O=C(NCCCN1CCCC1=O)c1cc2n(n1)[C@@H](C(F)(F)F)C[C@H](c1ccco1)N2. The topological polar surface area (TPSA) is 92.4 Å². The number of amides is 2. The van der Waals surface area contributed by atoms with E-state index >= 15 is 0 Å². The number of fused-ring (bicyclic) bond motifs is 1. The highest BCUT2D eigenvalue weighted by atomic mass is 19.4. The Bertz CT molecular complexity index is 909. The van der Waals surface area contributed by atoms with E-state index in [4.69, 9.17) is 4.42 Å². The van der Waals surface area contributed by atoms with Gasteiger partial charge in [0.2, 0.25) is 5.91 Å².